The highest BCUT2D eigenvalue weighted by atomic mass is 16.5. The van der Waals surface area contributed by atoms with Crippen molar-refractivity contribution in [3.05, 3.63) is 107 Å². The van der Waals surface area contributed by atoms with Crippen LogP contribution >= 0.6 is 0 Å². The zero-order valence-corrected chi connectivity index (χ0v) is 24.0. The molecule has 0 saturated heterocycles. The SMILES string of the molecule is CCCc1cc(-c2ccccc2[C@@H](C)OC[C@H](O)CNC(C)(C)Cc2ccc3ccccc3c2)ccc1C(=O)O. The molecule has 0 aliphatic carbocycles. The average Bonchev–Trinajstić information content (AvgIpc) is 2.94. The number of fused-ring (bicyclic) bond motifs is 1. The van der Waals surface area contributed by atoms with Gasteiger partial charge in [0.15, 0.2) is 0 Å². The third-order valence-corrected chi connectivity index (χ3v) is 7.38. The molecule has 40 heavy (non-hydrogen) atoms. The van der Waals surface area contributed by atoms with E-state index in [1.54, 1.807) is 6.07 Å². The molecular weight excluding hydrogens is 498 g/mol. The molecule has 0 heterocycles. The molecule has 2 atom stereocenters. The van der Waals surface area contributed by atoms with Gasteiger partial charge in [-0.1, -0.05) is 92.2 Å². The van der Waals surface area contributed by atoms with E-state index < -0.39 is 12.1 Å². The summed E-state index contributed by atoms with van der Waals surface area (Å²) < 4.78 is 6.14. The first kappa shape index (κ1) is 29.5. The summed E-state index contributed by atoms with van der Waals surface area (Å²) in [6, 6.07) is 28.5. The monoisotopic (exact) mass is 539 g/mol. The van der Waals surface area contributed by atoms with Crippen molar-refractivity contribution in [1.29, 1.82) is 0 Å². The van der Waals surface area contributed by atoms with E-state index in [4.69, 9.17) is 4.74 Å². The summed E-state index contributed by atoms with van der Waals surface area (Å²) >= 11 is 0. The van der Waals surface area contributed by atoms with Crippen LogP contribution in [-0.4, -0.2) is 41.0 Å². The first-order valence-corrected chi connectivity index (χ1v) is 14.1. The van der Waals surface area contributed by atoms with E-state index in [0.29, 0.717) is 18.5 Å². The fourth-order valence-electron chi connectivity index (χ4n) is 5.28. The Bertz CT molecular complexity index is 1440. The molecule has 0 bridgehead atoms. The lowest BCUT2D eigenvalue weighted by molar-refractivity contribution is -0.00397. The lowest BCUT2D eigenvalue weighted by atomic mass is 9.92. The Labute approximate surface area is 237 Å². The smallest absolute Gasteiger partial charge is 0.335 e. The number of carboxylic acids is 1. The lowest BCUT2D eigenvalue weighted by Gasteiger charge is -2.28. The summed E-state index contributed by atoms with van der Waals surface area (Å²) in [6.45, 7) is 8.96. The molecular formula is C35H41NO4. The number of benzene rings is 4. The fourth-order valence-corrected chi connectivity index (χ4v) is 5.28. The van der Waals surface area contributed by atoms with Crippen LogP contribution in [-0.2, 0) is 17.6 Å². The summed E-state index contributed by atoms with van der Waals surface area (Å²) in [7, 11) is 0. The maximum Gasteiger partial charge on any atom is 0.335 e. The maximum absolute atomic E-state index is 11.7. The summed E-state index contributed by atoms with van der Waals surface area (Å²) in [5.41, 5.74) is 5.23. The Morgan fingerprint density at radius 1 is 0.950 bits per heavy atom. The second-order valence-corrected chi connectivity index (χ2v) is 11.3. The molecule has 0 saturated carbocycles. The molecule has 3 N–H and O–H groups in total. The third kappa shape index (κ3) is 7.57. The van der Waals surface area contributed by atoms with Crippen molar-refractivity contribution >= 4 is 16.7 Å². The molecule has 5 nitrogen and oxygen atoms in total. The van der Waals surface area contributed by atoms with Gasteiger partial charge < -0.3 is 20.3 Å². The Morgan fingerprint density at radius 2 is 1.68 bits per heavy atom. The van der Waals surface area contributed by atoms with Crippen LogP contribution in [0.3, 0.4) is 0 Å². The Balaban J connectivity index is 1.36. The molecule has 0 amide bonds. The highest BCUT2D eigenvalue weighted by Gasteiger charge is 2.21. The maximum atomic E-state index is 11.7. The largest absolute Gasteiger partial charge is 0.478 e. The van der Waals surface area contributed by atoms with Crippen LogP contribution < -0.4 is 5.32 Å². The molecule has 0 aliphatic heterocycles. The molecule has 4 rings (SSSR count). The van der Waals surface area contributed by atoms with Gasteiger partial charge in [0.05, 0.1) is 24.4 Å². The van der Waals surface area contributed by atoms with Crippen molar-refractivity contribution < 1.29 is 19.7 Å². The van der Waals surface area contributed by atoms with E-state index >= 15 is 0 Å². The van der Waals surface area contributed by atoms with Crippen molar-refractivity contribution in [2.75, 3.05) is 13.2 Å². The number of rotatable bonds is 13. The van der Waals surface area contributed by atoms with Crippen LogP contribution in [0.5, 0.6) is 0 Å². The van der Waals surface area contributed by atoms with Gasteiger partial charge in [-0.25, -0.2) is 4.79 Å². The minimum absolute atomic E-state index is 0.194. The van der Waals surface area contributed by atoms with Crippen molar-refractivity contribution in [2.24, 2.45) is 0 Å². The normalized spacial score (nSPS) is 13.3. The van der Waals surface area contributed by atoms with Gasteiger partial charge in [0.2, 0.25) is 0 Å². The van der Waals surface area contributed by atoms with E-state index in [9.17, 15) is 15.0 Å². The number of aliphatic hydroxyl groups excluding tert-OH is 1. The number of carboxylic acid groups (broad SMARTS) is 1. The van der Waals surface area contributed by atoms with Crippen LogP contribution in [0.4, 0.5) is 0 Å². The van der Waals surface area contributed by atoms with Crippen molar-refractivity contribution in [2.45, 2.75) is 64.7 Å². The van der Waals surface area contributed by atoms with Gasteiger partial charge in [0.1, 0.15) is 0 Å². The number of β-amino-alcohol motifs (C(OH)–C–C–N with tert-alkyl or cyclic N) is 1. The van der Waals surface area contributed by atoms with Crippen LogP contribution in [0.25, 0.3) is 21.9 Å². The first-order valence-electron chi connectivity index (χ1n) is 14.1. The standard InChI is InChI=1S/C35H41NO4/c1-5-10-28-20-29(17-18-33(28)34(38)39)32-14-9-8-13-31(32)24(2)40-23-30(37)22-36-35(3,4)21-25-15-16-26-11-6-7-12-27(26)19-25/h6-9,11-20,24,30,36-37H,5,10,21-23H2,1-4H3,(H,38,39)/t24-,30-/m1/s1. The molecule has 0 radical (unpaired) electrons. The number of aliphatic hydroxyl groups is 1. The summed E-state index contributed by atoms with van der Waals surface area (Å²) in [5, 5.41) is 26.3. The summed E-state index contributed by atoms with van der Waals surface area (Å²) in [5.74, 6) is -0.900. The fraction of sp³-hybridized carbons (Fsp3) is 0.343. The molecule has 4 aromatic rings. The van der Waals surface area contributed by atoms with E-state index in [1.165, 1.54) is 16.3 Å². The minimum Gasteiger partial charge on any atom is -0.478 e. The van der Waals surface area contributed by atoms with Gasteiger partial charge in [-0.05, 0) is 78.3 Å². The second-order valence-electron chi connectivity index (χ2n) is 11.3. The first-order chi connectivity index (χ1) is 19.2. The summed E-state index contributed by atoms with van der Waals surface area (Å²) in [4.78, 5) is 11.7. The minimum atomic E-state index is -0.900. The predicted octanol–water partition coefficient (Wildman–Crippen LogP) is 7.21. The lowest BCUT2D eigenvalue weighted by Crippen LogP contribution is -2.46. The van der Waals surface area contributed by atoms with Gasteiger partial charge in [0.25, 0.3) is 0 Å². The molecule has 0 spiro atoms. The van der Waals surface area contributed by atoms with Crippen molar-refractivity contribution in [3.8, 4) is 11.1 Å². The highest BCUT2D eigenvalue weighted by Crippen LogP contribution is 2.32. The zero-order valence-electron chi connectivity index (χ0n) is 24.0. The summed E-state index contributed by atoms with van der Waals surface area (Å²) in [6.07, 6.45) is 1.52. The van der Waals surface area contributed by atoms with Gasteiger partial charge in [-0.2, -0.15) is 0 Å². The number of aromatic carboxylic acids is 1. The van der Waals surface area contributed by atoms with E-state index in [2.05, 4.69) is 61.6 Å². The van der Waals surface area contributed by atoms with Gasteiger partial charge in [-0.3, -0.25) is 0 Å². The number of hydrogen-bond acceptors (Lipinski definition) is 4. The molecule has 4 aromatic carbocycles. The molecule has 0 unspecified atom stereocenters. The average molecular weight is 540 g/mol. The predicted molar refractivity (Wildman–Crippen MR) is 163 cm³/mol. The second kappa shape index (κ2) is 13.2. The van der Waals surface area contributed by atoms with E-state index in [1.807, 2.05) is 50.2 Å². The molecule has 0 fully saturated rings. The molecule has 0 aliphatic rings. The zero-order chi connectivity index (χ0) is 28.7. The van der Waals surface area contributed by atoms with Crippen LogP contribution in [0, 0.1) is 0 Å². The topological polar surface area (TPSA) is 78.8 Å². The van der Waals surface area contributed by atoms with E-state index in [-0.39, 0.29) is 18.2 Å². The van der Waals surface area contributed by atoms with Crippen LogP contribution in [0.1, 0.15) is 67.3 Å². The van der Waals surface area contributed by atoms with Gasteiger partial charge in [0, 0.05) is 12.1 Å². The number of nitrogens with one attached hydrogen (secondary N) is 1. The highest BCUT2D eigenvalue weighted by molar-refractivity contribution is 5.90. The van der Waals surface area contributed by atoms with Crippen molar-refractivity contribution in [1.82, 2.24) is 5.32 Å². The van der Waals surface area contributed by atoms with Crippen LogP contribution in [0.2, 0.25) is 0 Å². The number of ether oxygens (including phenoxy) is 1. The molecule has 5 heteroatoms. The quantitative estimate of drug-likeness (QED) is 0.167. The van der Waals surface area contributed by atoms with Gasteiger partial charge in [-0.15, -0.1) is 0 Å². The Morgan fingerprint density at radius 3 is 2.42 bits per heavy atom. The van der Waals surface area contributed by atoms with Crippen molar-refractivity contribution in [3.63, 3.8) is 0 Å². The number of aryl methyl sites for hydroxylation is 1. The molecule has 210 valence electrons. The van der Waals surface area contributed by atoms with Crippen LogP contribution in [0.15, 0.2) is 84.9 Å². The Hall–Kier alpha value is -3.51. The number of hydrogen-bond donors (Lipinski definition) is 3. The molecule has 0 aromatic heterocycles. The van der Waals surface area contributed by atoms with Gasteiger partial charge >= 0.3 is 5.97 Å². The van der Waals surface area contributed by atoms with E-state index in [0.717, 1.165) is 35.1 Å². The third-order valence-electron chi connectivity index (χ3n) is 7.38. The number of carbonyl (C=O) groups is 1. The Kier molecular flexibility index (Phi) is 9.75.